The van der Waals surface area contributed by atoms with Crippen LogP contribution in [0.5, 0.6) is 5.75 Å². The summed E-state index contributed by atoms with van der Waals surface area (Å²) in [6.07, 6.45) is 4.49. The van der Waals surface area contributed by atoms with Crippen LogP contribution >= 0.6 is 11.6 Å². The lowest BCUT2D eigenvalue weighted by atomic mass is 9.90. The first-order valence-corrected chi connectivity index (χ1v) is 9.26. The van der Waals surface area contributed by atoms with Gasteiger partial charge >= 0.3 is 0 Å². The van der Waals surface area contributed by atoms with Crippen molar-refractivity contribution in [3.63, 3.8) is 0 Å². The van der Waals surface area contributed by atoms with Crippen LogP contribution in [-0.4, -0.2) is 58.7 Å². The van der Waals surface area contributed by atoms with Crippen molar-refractivity contribution < 1.29 is 14.7 Å². The highest BCUT2D eigenvalue weighted by molar-refractivity contribution is 6.50. The Labute approximate surface area is 151 Å². The smallest absolute Gasteiger partial charge is 0.211 e. The number of phenols is 1. The standard InChI is InChI=1S/C19H21ClN2O3/c20-16-17(18(24)13-4-3-5-14(23)15(13)19(16)25)22-10-6-12(7-11-22)21-8-1-2-9-21/h3-5,12,23H,1-2,6-11H2. The fraction of sp³-hybridized carbons (Fsp3) is 0.474. The van der Waals surface area contributed by atoms with E-state index in [0.29, 0.717) is 11.7 Å². The molecule has 1 aromatic rings. The van der Waals surface area contributed by atoms with Crippen LogP contribution in [0, 0.1) is 0 Å². The Balaban J connectivity index is 1.58. The molecule has 1 aliphatic carbocycles. The molecule has 2 fully saturated rings. The number of hydrogen-bond acceptors (Lipinski definition) is 5. The molecule has 4 rings (SSSR count). The molecule has 0 saturated carbocycles. The van der Waals surface area contributed by atoms with E-state index in [1.54, 1.807) is 12.1 Å². The lowest BCUT2D eigenvalue weighted by molar-refractivity contribution is 0.0910. The summed E-state index contributed by atoms with van der Waals surface area (Å²) in [7, 11) is 0. The number of phenolic OH excluding ortho intramolecular Hbond substituents is 1. The molecule has 0 amide bonds. The third kappa shape index (κ3) is 2.75. The molecule has 6 heteroatoms. The summed E-state index contributed by atoms with van der Waals surface area (Å²) in [5.74, 6) is -0.929. The van der Waals surface area contributed by atoms with Crippen molar-refractivity contribution >= 4 is 23.2 Å². The lowest BCUT2D eigenvalue weighted by Crippen LogP contribution is -2.45. The number of carbonyl (C=O) groups excluding carboxylic acids is 2. The molecule has 2 saturated heterocycles. The number of carbonyl (C=O) groups is 2. The first kappa shape index (κ1) is 16.6. The summed E-state index contributed by atoms with van der Waals surface area (Å²) in [5.41, 5.74) is 0.559. The van der Waals surface area contributed by atoms with E-state index in [2.05, 4.69) is 4.90 Å². The summed E-state index contributed by atoms with van der Waals surface area (Å²) in [6.45, 7) is 3.77. The highest BCUT2D eigenvalue weighted by atomic mass is 35.5. The van der Waals surface area contributed by atoms with Gasteiger partial charge in [0.2, 0.25) is 11.6 Å². The number of hydrogen-bond donors (Lipinski definition) is 1. The van der Waals surface area contributed by atoms with Gasteiger partial charge in [0, 0.05) is 24.7 Å². The van der Waals surface area contributed by atoms with E-state index in [1.807, 2.05) is 4.90 Å². The number of ketones is 2. The molecular formula is C19H21ClN2O3. The monoisotopic (exact) mass is 360 g/mol. The van der Waals surface area contributed by atoms with Crippen LogP contribution in [0.4, 0.5) is 0 Å². The predicted molar refractivity (Wildman–Crippen MR) is 95.0 cm³/mol. The van der Waals surface area contributed by atoms with E-state index in [-0.39, 0.29) is 27.7 Å². The third-order valence-corrected chi connectivity index (χ3v) is 5.92. The SMILES string of the molecule is O=C1C(N2CCC(N3CCCC3)CC2)=C(Cl)C(=O)c2c(O)cccc21. The molecule has 0 radical (unpaired) electrons. The van der Waals surface area contributed by atoms with Crippen molar-refractivity contribution in [3.05, 3.63) is 40.1 Å². The van der Waals surface area contributed by atoms with Crippen LogP contribution in [0.15, 0.2) is 28.9 Å². The number of fused-ring (bicyclic) bond motifs is 1. The minimum atomic E-state index is -0.467. The fourth-order valence-electron chi connectivity index (χ4n) is 4.26. The Morgan fingerprint density at radius 2 is 1.68 bits per heavy atom. The number of benzene rings is 1. The second kappa shape index (κ2) is 6.46. The average molecular weight is 361 g/mol. The first-order chi connectivity index (χ1) is 12.1. The number of piperidine rings is 1. The van der Waals surface area contributed by atoms with Gasteiger partial charge in [-0.1, -0.05) is 17.7 Å². The van der Waals surface area contributed by atoms with Crippen LogP contribution in [-0.2, 0) is 0 Å². The van der Waals surface area contributed by atoms with Crippen molar-refractivity contribution in [1.82, 2.24) is 9.80 Å². The number of halogens is 1. The molecule has 0 unspecified atom stereocenters. The highest BCUT2D eigenvalue weighted by Crippen LogP contribution is 2.36. The quantitative estimate of drug-likeness (QED) is 0.878. The van der Waals surface area contributed by atoms with Crippen molar-refractivity contribution in [2.24, 2.45) is 0 Å². The van der Waals surface area contributed by atoms with Crippen molar-refractivity contribution in [2.75, 3.05) is 26.2 Å². The van der Waals surface area contributed by atoms with Gasteiger partial charge < -0.3 is 14.9 Å². The Kier molecular flexibility index (Phi) is 4.29. The Morgan fingerprint density at radius 3 is 2.36 bits per heavy atom. The number of allylic oxidation sites excluding steroid dienone is 2. The maximum atomic E-state index is 12.9. The highest BCUT2D eigenvalue weighted by Gasteiger charge is 2.37. The number of rotatable bonds is 2. The summed E-state index contributed by atoms with van der Waals surface area (Å²) >= 11 is 6.27. The summed E-state index contributed by atoms with van der Waals surface area (Å²) in [6, 6.07) is 5.12. The molecule has 132 valence electrons. The average Bonchev–Trinajstić information content (AvgIpc) is 3.15. The van der Waals surface area contributed by atoms with Gasteiger partial charge in [0.25, 0.3) is 0 Å². The molecule has 3 aliphatic rings. The number of aromatic hydroxyl groups is 1. The van der Waals surface area contributed by atoms with E-state index in [1.165, 1.54) is 18.9 Å². The second-order valence-corrected chi connectivity index (χ2v) is 7.36. The fourth-order valence-corrected chi connectivity index (χ4v) is 4.56. The summed E-state index contributed by atoms with van der Waals surface area (Å²) in [5, 5.41) is 9.87. The van der Waals surface area contributed by atoms with Gasteiger partial charge in [0.1, 0.15) is 16.5 Å². The molecule has 0 spiro atoms. The van der Waals surface area contributed by atoms with E-state index in [9.17, 15) is 14.7 Å². The number of Topliss-reactive ketones (excluding diaryl/α,β-unsaturated/α-hetero) is 2. The van der Waals surface area contributed by atoms with Crippen LogP contribution in [0.25, 0.3) is 0 Å². The van der Waals surface area contributed by atoms with E-state index < -0.39 is 5.78 Å². The molecule has 1 N–H and O–H groups in total. The van der Waals surface area contributed by atoms with Gasteiger partial charge in [-0.05, 0) is 50.9 Å². The van der Waals surface area contributed by atoms with Crippen molar-refractivity contribution in [1.29, 1.82) is 0 Å². The van der Waals surface area contributed by atoms with E-state index >= 15 is 0 Å². The van der Waals surface area contributed by atoms with Gasteiger partial charge in [-0.2, -0.15) is 0 Å². The van der Waals surface area contributed by atoms with Crippen LogP contribution in [0.3, 0.4) is 0 Å². The zero-order valence-electron chi connectivity index (χ0n) is 14.0. The van der Waals surface area contributed by atoms with Crippen LogP contribution in [0.2, 0.25) is 0 Å². The minimum Gasteiger partial charge on any atom is -0.507 e. The molecule has 5 nitrogen and oxygen atoms in total. The third-order valence-electron chi connectivity index (χ3n) is 5.57. The van der Waals surface area contributed by atoms with Crippen molar-refractivity contribution in [2.45, 2.75) is 31.7 Å². The molecular weight excluding hydrogens is 340 g/mol. The second-order valence-electron chi connectivity index (χ2n) is 6.98. The summed E-state index contributed by atoms with van der Waals surface area (Å²) in [4.78, 5) is 30.0. The molecule has 0 atom stereocenters. The molecule has 2 heterocycles. The zero-order valence-corrected chi connectivity index (χ0v) is 14.8. The van der Waals surface area contributed by atoms with E-state index in [0.717, 1.165) is 39.0 Å². The molecule has 2 aliphatic heterocycles. The molecule has 1 aromatic carbocycles. The van der Waals surface area contributed by atoms with Gasteiger partial charge in [-0.15, -0.1) is 0 Å². The summed E-state index contributed by atoms with van der Waals surface area (Å²) < 4.78 is 0. The topological polar surface area (TPSA) is 60.9 Å². The largest absolute Gasteiger partial charge is 0.507 e. The first-order valence-electron chi connectivity index (χ1n) is 8.88. The van der Waals surface area contributed by atoms with Crippen LogP contribution < -0.4 is 0 Å². The zero-order chi connectivity index (χ0) is 17.6. The van der Waals surface area contributed by atoms with E-state index in [4.69, 9.17) is 11.6 Å². The van der Waals surface area contributed by atoms with Gasteiger partial charge in [0.15, 0.2) is 0 Å². The molecule has 25 heavy (non-hydrogen) atoms. The minimum absolute atomic E-state index is 0.0215. The lowest BCUT2D eigenvalue weighted by Gasteiger charge is -2.39. The number of nitrogens with zero attached hydrogens (tertiary/aromatic N) is 2. The molecule has 0 aromatic heterocycles. The maximum Gasteiger partial charge on any atom is 0.211 e. The number of likely N-dealkylation sites (tertiary alicyclic amines) is 2. The van der Waals surface area contributed by atoms with Gasteiger partial charge in [-0.3, -0.25) is 9.59 Å². The van der Waals surface area contributed by atoms with Crippen LogP contribution in [0.1, 0.15) is 46.4 Å². The van der Waals surface area contributed by atoms with Gasteiger partial charge in [-0.25, -0.2) is 0 Å². The Morgan fingerprint density at radius 1 is 1.00 bits per heavy atom. The maximum absolute atomic E-state index is 12.9. The normalized spacial score (nSPS) is 22.7. The predicted octanol–water partition coefficient (Wildman–Crippen LogP) is 2.78. The Hall–Kier alpha value is -1.85. The Bertz CT molecular complexity index is 760. The van der Waals surface area contributed by atoms with Gasteiger partial charge in [0.05, 0.1) is 5.56 Å². The van der Waals surface area contributed by atoms with Crippen molar-refractivity contribution in [3.8, 4) is 5.75 Å². The molecule has 0 bridgehead atoms.